The standard InChI is InChI=1S/C13H16N4OS/c1-17(9-11-3-2-6-19-11)8-10-4-5-15-12(7-10)13(14)16-18/h2-7,18H,8-9H2,1H3,(H2,14,16). The van der Waals surface area contributed by atoms with E-state index in [9.17, 15) is 0 Å². The molecule has 19 heavy (non-hydrogen) atoms. The van der Waals surface area contributed by atoms with Crippen molar-refractivity contribution in [2.45, 2.75) is 13.1 Å². The minimum atomic E-state index is 0.0303. The van der Waals surface area contributed by atoms with Crippen molar-refractivity contribution in [3.05, 3.63) is 52.0 Å². The first kappa shape index (κ1) is 13.5. The first-order chi connectivity index (χ1) is 9.19. The van der Waals surface area contributed by atoms with Crippen LogP contribution in [0, 0.1) is 0 Å². The quantitative estimate of drug-likeness (QED) is 0.378. The van der Waals surface area contributed by atoms with Gasteiger partial charge >= 0.3 is 0 Å². The summed E-state index contributed by atoms with van der Waals surface area (Å²) >= 11 is 1.75. The van der Waals surface area contributed by atoms with Gasteiger partial charge in [0.1, 0.15) is 5.69 Å². The number of amidine groups is 1. The van der Waals surface area contributed by atoms with Gasteiger partial charge in [0, 0.05) is 24.2 Å². The van der Waals surface area contributed by atoms with Crippen LogP contribution in [0.25, 0.3) is 0 Å². The van der Waals surface area contributed by atoms with E-state index in [0.29, 0.717) is 5.69 Å². The fourth-order valence-corrected chi connectivity index (χ4v) is 2.58. The van der Waals surface area contributed by atoms with Crippen LogP contribution in [-0.4, -0.2) is 28.0 Å². The maximum absolute atomic E-state index is 8.65. The molecule has 0 unspecified atom stereocenters. The summed E-state index contributed by atoms with van der Waals surface area (Å²) < 4.78 is 0. The molecule has 0 aliphatic rings. The number of hydrogen-bond acceptors (Lipinski definition) is 5. The number of nitrogens with two attached hydrogens (primary N) is 1. The van der Waals surface area contributed by atoms with E-state index in [4.69, 9.17) is 10.9 Å². The number of pyridine rings is 1. The maximum Gasteiger partial charge on any atom is 0.188 e. The Labute approximate surface area is 116 Å². The summed E-state index contributed by atoms with van der Waals surface area (Å²) in [6, 6.07) is 7.94. The molecule has 0 spiro atoms. The monoisotopic (exact) mass is 276 g/mol. The first-order valence-electron chi connectivity index (χ1n) is 5.83. The first-order valence-corrected chi connectivity index (χ1v) is 6.71. The van der Waals surface area contributed by atoms with Gasteiger partial charge < -0.3 is 10.9 Å². The Balaban J connectivity index is 2.02. The molecule has 2 aromatic heterocycles. The van der Waals surface area contributed by atoms with Gasteiger partial charge in [-0.3, -0.25) is 9.88 Å². The van der Waals surface area contributed by atoms with Crippen molar-refractivity contribution < 1.29 is 5.21 Å². The van der Waals surface area contributed by atoms with E-state index < -0.39 is 0 Å². The van der Waals surface area contributed by atoms with Gasteiger partial charge in [0.15, 0.2) is 5.84 Å². The van der Waals surface area contributed by atoms with E-state index in [1.165, 1.54) is 4.88 Å². The molecule has 3 N–H and O–H groups in total. The lowest BCUT2D eigenvalue weighted by atomic mass is 10.2. The van der Waals surface area contributed by atoms with Crippen LogP contribution in [0.15, 0.2) is 41.0 Å². The highest BCUT2D eigenvalue weighted by molar-refractivity contribution is 7.09. The highest BCUT2D eigenvalue weighted by Crippen LogP contribution is 2.13. The lowest BCUT2D eigenvalue weighted by molar-refractivity contribution is 0.318. The van der Waals surface area contributed by atoms with E-state index >= 15 is 0 Å². The SMILES string of the molecule is CN(Cc1ccnc(C(N)=NO)c1)Cc1cccs1. The van der Waals surface area contributed by atoms with Crippen LogP contribution in [-0.2, 0) is 13.1 Å². The fourth-order valence-electron chi connectivity index (χ4n) is 1.80. The van der Waals surface area contributed by atoms with Crippen LogP contribution in [0.1, 0.15) is 16.1 Å². The number of thiophene rings is 1. The Morgan fingerprint density at radius 3 is 3.00 bits per heavy atom. The smallest absolute Gasteiger partial charge is 0.188 e. The number of oxime groups is 1. The van der Waals surface area contributed by atoms with Crippen LogP contribution in [0.3, 0.4) is 0 Å². The summed E-state index contributed by atoms with van der Waals surface area (Å²) in [5, 5.41) is 13.7. The minimum Gasteiger partial charge on any atom is -0.409 e. The molecule has 0 radical (unpaired) electrons. The zero-order valence-corrected chi connectivity index (χ0v) is 11.5. The van der Waals surface area contributed by atoms with Gasteiger partial charge in [0.2, 0.25) is 0 Å². The minimum absolute atomic E-state index is 0.0303. The average Bonchev–Trinajstić information content (AvgIpc) is 2.90. The van der Waals surface area contributed by atoms with Crippen molar-refractivity contribution in [1.82, 2.24) is 9.88 Å². The predicted molar refractivity (Wildman–Crippen MR) is 76.2 cm³/mol. The Morgan fingerprint density at radius 1 is 1.47 bits per heavy atom. The van der Waals surface area contributed by atoms with E-state index in [0.717, 1.165) is 18.7 Å². The highest BCUT2D eigenvalue weighted by Gasteiger charge is 2.06. The molecule has 0 aromatic carbocycles. The van der Waals surface area contributed by atoms with Gasteiger partial charge in [-0.2, -0.15) is 0 Å². The van der Waals surface area contributed by atoms with Gasteiger partial charge in [-0.25, -0.2) is 0 Å². The summed E-state index contributed by atoms with van der Waals surface area (Å²) in [4.78, 5) is 7.59. The molecular formula is C13H16N4OS. The van der Waals surface area contributed by atoms with Crippen molar-refractivity contribution in [3.8, 4) is 0 Å². The van der Waals surface area contributed by atoms with Gasteiger partial charge in [0.05, 0.1) is 0 Å². The van der Waals surface area contributed by atoms with Crippen LogP contribution in [0.4, 0.5) is 0 Å². The molecule has 0 saturated heterocycles. The number of aromatic nitrogens is 1. The third-order valence-electron chi connectivity index (χ3n) is 2.65. The molecule has 2 rings (SSSR count). The lowest BCUT2D eigenvalue weighted by Crippen LogP contribution is -2.18. The molecular weight excluding hydrogens is 260 g/mol. The molecule has 0 saturated carbocycles. The predicted octanol–water partition coefficient (Wildman–Crippen LogP) is 1.87. The molecule has 0 amide bonds. The number of rotatable bonds is 5. The second kappa shape index (κ2) is 6.31. The van der Waals surface area contributed by atoms with Crippen molar-refractivity contribution in [2.75, 3.05) is 7.05 Å². The Bertz CT molecular complexity index is 554. The molecule has 0 bridgehead atoms. The average molecular weight is 276 g/mol. The maximum atomic E-state index is 8.65. The molecule has 5 nitrogen and oxygen atoms in total. The van der Waals surface area contributed by atoms with Gasteiger partial charge in [0.25, 0.3) is 0 Å². The molecule has 2 heterocycles. The number of nitrogens with zero attached hydrogens (tertiary/aromatic N) is 3. The van der Waals surface area contributed by atoms with Crippen molar-refractivity contribution >= 4 is 17.2 Å². The third kappa shape index (κ3) is 3.77. The molecule has 0 aliphatic heterocycles. The van der Waals surface area contributed by atoms with Gasteiger partial charge in [-0.15, -0.1) is 11.3 Å². The van der Waals surface area contributed by atoms with E-state index in [1.54, 1.807) is 17.5 Å². The lowest BCUT2D eigenvalue weighted by Gasteiger charge is -2.15. The van der Waals surface area contributed by atoms with Crippen LogP contribution in [0.5, 0.6) is 0 Å². The van der Waals surface area contributed by atoms with Crippen LogP contribution in [0.2, 0.25) is 0 Å². The Kier molecular flexibility index (Phi) is 4.48. The van der Waals surface area contributed by atoms with E-state index in [-0.39, 0.29) is 5.84 Å². The molecule has 0 atom stereocenters. The zero-order valence-electron chi connectivity index (χ0n) is 10.7. The van der Waals surface area contributed by atoms with Gasteiger partial charge in [-0.1, -0.05) is 11.2 Å². The Hall–Kier alpha value is -1.92. The third-order valence-corrected chi connectivity index (χ3v) is 3.51. The normalized spacial score (nSPS) is 12.0. The molecule has 100 valence electrons. The van der Waals surface area contributed by atoms with Crippen molar-refractivity contribution in [1.29, 1.82) is 0 Å². The van der Waals surface area contributed by atoms with Crippen molar-refractivity contribution in [3.63, 3.8) is 0 Å². The molecule has 2 aromatic rings. The summed E-state index contributed by atoms with van der Waals surface area (Å²) in [6.45, 7) is 1.69. The summed E-state index contributed by atoms with van der Waals surface area (Å²) in [7, 11) is 2.06. The number of hydrogen-bond donors (Lipinski definition) is 2. The van der Waals surface area contributed by atoms with E-state index in [2.05, 4.69) is 39.6 Å². The second-order valence-electron chi connectivity index (χ2n) is 4.29. The Morgan fingerprint density at radius 2 is 2.32 bits per heavy atom. The zero-order chi connectivity index (χ0) is 13.7. The molecule has 0 fully saturated rings. The summed E-state index contributed by atoms with van der Waals surface area (Å²) in [5.41, 5.74) is 7.10. The largest absolute Gasteiger partial charge is 0.409 e. The highest BCUT2D eigenvalue weighted by atomic mass is 32.1. The van der Waals surface area contributed by atoms with Crippen LogP contribution < -0.4 is 5.73 Å². The molecule has 0 aliphatic carbocycles. The van der Waals surface area contributed by atoms with E-state index in [1.807, 2.05) is 12.1 Å². The summed E-state index contributed by atoms with van der Waals surface area (Å²) in [6.07, 6.45) is 1.67. The van der Waals surface area contributed by atoms with Crippen LogP contribution >= 0.6 is 11.3 Å². The molecule has 6 heteroatoms. The summed E-state index contributed by atoms with van der Waals surface area (Å²) in [5.74, 6) is 0.0303. The second-order valence-corrected chi connectivity index (χ2v) is 5.32. The topological polar surface area (TPSA) is 74.7 Å². The van der Waals surface area contributed by atoms with Crippen molar-refractivity contribution in [2.24, 2.45) is 10.9 Å². The van der Waals surface area contributed by atoms with Gasteiger partial charge in [-0.05, 0) is 36.2 Å². The fraction of sp³-hybridized carbons (Fsp3) is 0.231.